The Morgan fingerprint density at radius 1 is 1.05 bits per heavy atom. The molecule has 0 radical (unpaired) electrons. The highest BCUT2D eigenvalue weighted by molar-refractivity contribution is 6.06. The van der Waals surface area contributed by atoms with Crippen LogP contribution in [0.15, 0.2) is 48.5 Å². The molecule has 96 valence electrons. The summed E-state index contributed by atoms with van der Waals surface area (Å²) in [5, 5.41) is 18.7. The third kappa shape index (κ3) is 3.19. The minimum absolute atomic E-state index is 0.0560. The summed E-state index contributed by atoms with van der Waals surface area (Å²) in [6, 6.07) is 9.26. The summed E-state index contributed by atoms with van der Waals surface area (Å²) in [5.74, 6) is -0.883. The number of carbonyl (C=O) groups is 1. The molecule has 19 heavy (non-hydrogen) atoms. The van der Waals surface area contributed by atoms with E-state index in [1.807, 2.05) is 0 Å². The lowest BCUT2D eigenvalue weighted by molar-refractivity contribution is 0.104. The second kappa shape index (κ2) is 5.35. The minimum atomic E-state index is -0.406. The molecular formula is C15H11FO3. The number of rotatable bonds is 3. The molecule has 0 fully saturated rings. The van der Waals surface area contributed by atoms with Gasteiger partial charge in [-0.25, -0.2) is 4.39 Å². The first-order valence-electron chi connectivity index (χ1n) is 5.56. The highest BCUT2D eigenvalue weighted by Gasteiger charge is 2.03. The van der Waals surface area contributed by atoms with Gasteiger partial charge in [0.2, 0.25) is 0 Å². The van der Waals surface area contributed by atoms with Crippen molar-refractivity contribution in [2.75, 3.05) is 0 Å². The van der Waals surface area contributed by atoms with Crippen molar-refractivity contribution in [3.8, 4) is 11.5 Å². The molecule has 0 spiro atoms. The largest absolute Gasteiger partial charge is 0.508 e. The Balaban J connectivity index is 2.18. The number of phenols is 2. The van der Waals surface area contributed by atoms with Crippen molar-refractivity contribution in [1.29, 1.82) is 0 Å². The van der Waals surface area contributed by atoms with E-state index in [-0.39, 0.29) is 17.3 Å². The average Bonchev–Trinajstić information content (AvgIpc) is 2.38. The van der Waals surface area contributed by atoms with Crippen LogP contribution in [0.3, 0.4) is 0 Å². The van der Waals surface area contributed by atoms with Gasteiger partial charge in [0, 0.05) is 17.2 Å². The molecule has 0 aliphatic heterocycles. The molecule has 2 aromatic carbocycles. The van der Waals surface area contributed by atoms with Crippen LogP contribution in [0.5, 0.6) is 11.5 Å². The number of carbonyl (C=O) groups excluding carboxylic acids is 1. The minimum Gasteiger partial charge on any atom is -0.508 e. The van der Waals surface area contributed by atoms with Gasteiger partial charge in [-0.15, -0.1) is 0 Å². The first-order chi connectivity index (χ1) is 9.06. The van der Waals surface area contributed by atoms with Gasteiger partial charge < -0.3 is 10.2 Å². The summed E-state index contributed by atoms with van der Waals surface area (Å²) in [7, 11) is 0. The van der Waals surface area contributed by atoms with Gasteiger partial charge in [-0.3, -0.25) is 4.79 Å². The van der Waals surface area contributed by atoms with E-state index < -0.39 is 5.82 Å². The standard InChI is InChI=1S/C15H11FO3/c16-12-5-1-10(2-6-12)14(18)8-4-11-3-7-13(17)9-15(11)19/h1-9,17,19H/b8-4-. The number of allylic oxidation sites excluding steroid dienone is 1. The Morgan fingerprint density at radius 3 is 2.37 bits per heavy atom. The lowest BCUT2D eigenvalue weighted by Gasteiger charge is -1.99. The molecule has 0 aliphatic carbocycles. The molecule has 0 aliphatic rings. The van der Waals surface area contributed by atoms with E-state index in [0.717, 1.165) is 0 Å². The van der Waals surface area contributed by atoms with Crippen molar-refractivity contribution in [3.05, 3.63) is 65.5 Å². The van der Waals surface area contributed by atoms with Crippen molar-refractivity contribution in [2.45, 2.75) is 0 Å². The first-order valence-corrected chi connectivity index (χ1v) is 5.56. The van der Waals surface area contributed by atoms with E-state index in [1.165, 1.54) is 54.6 Å². The molecule has 0 saturated heterocycles. The van der Waals surface area contributed by atoms with E-state index in [9.17, 15) is 14.3 Å². The van der Waals surface area contributed by atoms with Gasteiger partial charge in [-0.1, -0.05) is 0 Å². The van der Waals surface area contributed by atoms with Gasteiger partial charge in [0.1, 0.15) is 17.3 Å². The fraction of sp³-hybridized carbons (Fsp3) is 0. The van der Waals surface area contributed by atoms with Gasteiger partial charge >= 0.3 is 0 Å². The fourth-order valence-corrected chi connectivity index (χ4v) is 1.55. The quantitative estimate of drug-likeness (QED) is 0.657. The molecule has 2 N–H and O–H groups in total. The van der Waals surface area contributed by atoms with Crippen molar-refractivity contribution < 1.29 is 19.4 Å². The van der Waals surface area contributed by atoms with Gasteiger partial charge in [0.25, 0.3) is 0 Å². The number of benzene rings is 2. The molecule has 0 amide bonds. The lowest BCUT2D eigenvalue weighted by Crippen LogP contribution is -1.93. The Bertz CT molecular complexity index is 630. The van der Waals surface area contributed by atoms with Crippen molar-refractivity contribution in [3.63, 3.8) is 0 Å². The van der Waals surface area contributed by atoms with Crippen LogP contribution in [0, 0.1) is 5.82 Å². The number of hydrogen-bond donors (Lipinski definition) is 2. The Hall–Kier alpha value is -2.62. The van der Waals surface area contributed by atoms with E-state index >= 15 is 0 Å². The second-order valence-corrected chi connectivity index (χ2v) is 3.95. The molecule has 2 aromatic rings. The topological polar surface area (TPSA) is 57.5 Å². The third-order valence-corrected chi connectivity index (χ3v) is 2.56. The SMILES string of the molecule is O=C(/C=C\c1ccc(O)cc1O)c1ccc(F)cc1. The number of hydrogen-bond acceptors (Lipinski definition) is 3. The highest BCUT2D eigenvalue weighted by Crippen LogP contribution is 2.23. The van der Waals surface area contributed by atoms with E-state index in [0.29, 0.717) is 11.1 Å². The summed E-state index contributed by atoms with van der Waals surface area (Å²) in [5.41, 5.74) is 0.768. The van der Waals surface area contributed by atoms with Crippen LogP contribution in [0.4, 0.5) is 4.39 Å². The molecule has 0 atom stereocenters. The van der Waals surface area contributed by atoms with Crippen molar-refractivity contribution in [1.82, 2.24) is 0 Å². The second-order valence-electron chi connectivity index (χ2n) is 3.95. The Morgan fingerprint density at radius 2 is 1.74 bits per heavy atom. The van der Waals surface area contributed by atoms with Crippen LogP contribution >= 0.6 is 0 Å². The van der Waals surface area contributed by atoms with Crippen molar-refractivity contribution in [2.24, 2.45) is 0 Å². The maximum absolute atomic E-state index is 12.7. The Labute approximate surface area is 109 Å². The predicted octanol–water partition coefficient (Wildman–Crippen LogP) is 3.13. The van der Waals surface area contributed by atoms with Gasteiger partial charge in [0.15, 0.2) is 5.78 Å². The maximum atomic E-state index is 12.7. The van der Waals surface area contributed by atoms with E-state index in [4.69, 9.17) is 5.11 Å². The number of phenolic OH excluding ortho intramolecular Hbond substituents is 2. The zero-order valence-electron chi connectivity index (χ0n) is 9.88. The van der Waals surface area contributed by atoms with Gasteiger partial charge in [-0.05, 0) is 48.6 Å². The third-order valence-electron chi connectivity index (χ3n) is 2.56. The van der Waals surface area contributed by atoms with Crippen LogP contribution in [-0.4, -0.2) is 16.0 Å². The highest BCUT2D eigenvalue weighted by atomic mass is 19.1. The predicted molar refractivity (Wildman–Crippen MR) is 69.5 cm³/mol. The molecule has 0 heterocycles. The summed E-state index contributed by atoms with van der Waals surface area (Å²) < 4.78 is 12.7. The molecular weight excluding hydrogens is 247 g/mol. The first kappa shape index (κ1) is 12.8. The monoisotopic (exact) mass is 258 g/mol. The van der Waals surface area contributed by atoms with Crippen LogP contribution < -0.4 is 0 Å². The number of aromatic hydroxyl groups is 2. The number of ketones is 1. The summed E-state index contributed by atoms with van der Waals surface area (Å²) in [6.45, 7) is 0. The van der Waals surface area contributed by atoms with Gasteiger partial charge in [-0.2, -0.15) is 0 Å². The molecule has 0 bridgehead atoms. The number of halogens is 1. The fourth-order valence-electron chi connectivity index (χ4n) is 1.55. The van der Waals surface area contributed by atoms with Gasteiger partial charge in [0.05, 0.1) is 0 Å². The van der Waals surface area contributed by atoms with Crippen LogP contribution in [0.1, 0.15) is 15.9 Å². The molecule has 4 heteroatoms. The summed E-state index contributed by atoms with van der Waals surface area (Å²) in [6.07, 6.45) is 2.71. The maximum Gasteiger partial charge on any atom is 0.185 e. The lowest BCUT2D eigenvalue weighted by atomic mass is 10.1. The smallest absolute Gasteiger partial charge is 0.185 e. The average molecular weight is 258 g/mol. The van der Waals surface area contributed by atoms with E-state index in [2.05, 4.69) is 0 Å². The van der Waals surface area contributed by atoms with Crippen LogP contribution in [0.2, 0.25) is 0 Å². The normalized spacial score (nSPS) is 10.8. The molecule has 0 unspecified atom stereocenters. The zero-order chi connectivity index (χ0) is 13.8. The zero-order valence-corrected chi connectivity index (χ0v) is 9.88. The molecule has 0 saturated carbocycles. The van der Waals surface area contributed by atoms with Crippen molar-refractivity contribution >= 4 is 11.9 Å². The van der Waals surface area contributed by atoms with E-state index in [1.54, 1.807) is 0 Å². The van der Waals surface area contributed by atoms with Crippen LogP contribution in [-0.2, 0) is 0 Å². The van der Waals surface area contributed by atoms with Crippen LogP contribution in [0.25, 0.3) is 6.08 Å². The summed E-state index contributed by atoms with van der Waals surface area (Å²) >= 11 is 0. The summed E-state index contributed by atoms with van der Waals surface area (Å²) in [4.78, 5) is 11.8. The molecule has 2 rings (SSSR count). The molecule has 3 nitrogen and oxygen atoms in total. The molecule has 0 aromatic heterocycles. The Kier molecular flexibility index (Phi) is 3.61.